The zero-order chi connectivity index (χ0) is 12.6. The number of hydrogen-bond donors (Lipinski definition) is 0. The van der Waals surface area contributed by atoms with Crippen molar-refractivity contribution in [2.75, 3.05) is 32.5 Å². The molecule has 0 aliphatic rings. The largest absolute Gasteiger partial charge is 0.468 e. The number of hydrogen-bond acceptors (Lipinski definition) is 4. The van der Waals surface area contributed by atoms with E-state index >= 15 is 0 Å². The van der Waals surface area contributed by atoms with Crippen LogP contribution >= 0.6 is 11.8 Å². The molecule has 0 rings (SSSR count). The summed E-state index contributed by atoms with van der Waals surface area (Å²) >= 11 is -0.0713. The van der Waals surface area contributed by atoms with Crippen molar-refractivity contribution in [1.29, 1.82) is 0 Å². The SMILES string of the molecule is CCCN(CCSC(F)(F)F)CC(=O)OC. The highest BCUT2D eigenvalue weighted by molar-refractivity contribution is 8.00. The lowest BCUT2D eigenvalue weighted by Gasteiger charge is -2.20. The number of nitrogens with zero attached hydrogens (tertiary/aromatic N) is 1. The Hall–Kier alpha value is -0.430. The molecule has 3 nitrogen and oxygen atoms in total. The summed E-state index contributed by atoms with van der Waals surface area (Å²) in [6, 6.07) is 0. The van der Waals surface area contributed by atoms with E-state index in [1.54, 1.807) is 4.90 Å². The third-order valence-electron chi connectivity index (χ3n) is 1.79. The molecule has 96 valence electrons. The molecule has 0 aliphatic heterocycles. The summed E-state index contributed by atoms with van der Waals surface area (Å²) in [7, 11) is 1.26. The molecule has 0 fully saturated rings. The van der Waals surface area contributed by atoms with Crippen molar-refractivity contribution < 1.29 is 22.7 Å². The first-order valence-electron chi connectivity index (χ1n) is 4.89. The number of carbonyl (C=O) groups excluding carboxylic acids is 1. The van der Waals surface area contributed by atoms with Gasteiger partial charge in [-0.3, -0.25) is 9.69 Å². The Morgan fingerprint density at radius 2 is 2.00 bits per heavy atom. The molecular weight excluding hydrogens is 243 g/mol. The van der Waals surface area contributed by atoms with Crippen LogP contribution in [0.3, 0.4) is 0 Å². The zero-order valence-electron chi connectivity index (χ0n) is 9.34. The lowest BCUT2D eigenvalue weighted by atomic mass is 10.4. The van der Waals surface area contributed by atoms with Gasteiger partial charge in [0, 0.05) is 12.3 Å². The summed E-state index contributed by atoms with van der Waals surface area (Å²) in [6.45, 7) is 2.77. The molecule has 0 bridgehead atoms. The molecule has 7 heteroatoms. The van der Waals surface area contributed by atoms with Crippen molar-refractivity contribution >= 4 is 17.7 Å². The van der Waals surface area contributed by atoms with Crippen LogP contribution in [0.15, 0.2) is 0 Å². The van der Waals surface area contributed by atoms with E-state index in [-0.39, 0.29) is 30.6 Å². The van der Waals surface area contributed by atoms with Crippen LogP contribution in [0, 0.1) is 0 Å². The van der Waals surface area contributed by atoms with Gasteiger partial charge in [0.15, 0.2) is 0 Å². The van der Waals surface area contributed by atoms with E-state index in [1.807, 2.05) is 6.92 Å². The van der Waals surface area contributed by atoms with Crippen LogP contribution in [0.25, 0.3) is 0 Å². The molecule has 0 heterocycles. The van der Waals surface area contributed by atoms with Crippen molar-refractivity contribution in [2.45, 2.75) is 18.9 Å². The van der Waals surface area contributed by atoms with Gasteiger partial charge in [0.2, 0.25) is 0 Å². The van der Waals surface area contributed by atoms with E-state index in [2.05, 4.69) is 4.74 Å². The fraction of sp³-hybridized carbons (Fsp3) is 0.889. The number of rotatable bonds is 7. The molecule has 0 spiro atoms. The Morgan fingerprint density at radius 3 is 2.44 bits per heavy atom. The van der Waals surface area contributed by atoms with Crippen molar-refractivity contribution in [3.05, 3.63) is 0 Å². The Kier molecular flexibility index (Phi) is 7.57. The topological polar surface area (TPSA) is 29.5 Å². The average Bonchev–Trinajstić information content (AvgIpc) is 2.15. The molecule has 0 saturated carbocycles. The summed E-state index contributed by atoms with van der Waals surface area (Å²) < 4.78 is 40.1. The average molecular weight is 259 g/mol. The number of methoxy groups -OCH3 is 1. The monoisotopic (exact) mass is 259 g/mol. The zero-order valence-corrected chi connectivity index (χ0v) is 10.2. The molecule has 16 heavy (non-hydrogen) atoms. The van der Waals surface area contributed by atoms with Crippen LogP contribution in [-0.4, -0.2) is 48.9 Å². The van der Waals surface area contributed by atoms with E-state index in [0.29, 0.717) is 6.54 Å². The van der Waals surface area contributed by atoms with Crippen molar-refractivity contribution in [2.24, 2.45) is 0 Å². The lowest BCUT2D eigenvalue weighted by Crippen LogP contribution is -2.33. The molecule has 0 amide bonds. The first kappa shape index (κ1) is 15.6. The molecule has 0 unspecified atom stereocenters. The molecule has 0 aromatic rings. The molecule has 0 aromatic heterocycles. The standard InChI is InChI=1S/C9H16F3NO2S/c1-3-4-13(7-8(14)15-2)5-6-16-9(10,11)12/h3-7H2,1-2H3. The Bertz CT molecular complexity index is 211. The van der Waals surface area contributed by atoms with Crippen LogP contribution in [0.5, 0.6) is 0 Å². The van der Waals surface area contributed by atoms with Gasteiger partial charge < -0.3 is 4.74 Å². The third-order valence-corrected chi connectivity index (χ3v) is 2.51. The van der Waals surface area contributed by atoms with Crippen molar-refractivity contribution in [1.82, 2.24) is 4.90 Å². The first-order chi connectivity index (χ1) is 7.39. The van der Waals surface area contributed by atoms with E-state index < -0.39 is 11.5 Å². The van der Waals surface area contributed by atoms with E-state index in [1.165, 1.54) is 7.11 Å². The van der Waals surface area contributed by atoms with Gasteiger partial charge in [-0.1, -0.05) is 6.92 Å². The second-order valence-electron chi connectivity index (χ2n) is 3.15. The van der Waals surface area contributed by atoms with Gasteiger partial charge in [-0.15, -0.1) is 0 Å². The van der Waals surface area contributed by atoms with Crippen LogP contribution in [0.1, 0.15) is 13.3 Å². The summed E-state index contributed by atoms with van der Waals surface area (Å²) in [5, 5.41) is 0. The van der Waals surface area contributed by atoms with Gasteiger partial charge in [-0.05, 0) is 24.7 Å². The maximum atomic E-state index is 11.9. The third kappa shape index (κ3) is 8.84. The quantitative estimate of drug-likeness (QED) is 0.655. The summed E-state index contributed by atoms with van der Waals surface area (Å²) in [4.78, 5) is 12.6. The van der Waals surface area contributed by atoms with Gasteiger partial charge in [0.25, 0.3) is 0 Å². The fourth-order valence-electron chi connectivity index (χ4n) is 1.12. The minimum absolute atomic E-state index is 0.0444. The van der Waals surface area contributed by atoms with Gasteiger partial charge in [-0.25, -0.2) is 0 Å². The van der Waals surface area contributed by atoms with E-state index in [4.69, 9.17) is 0 Å². The van der Waals surface area contributed by atoms with Crippen LogP contribution in [0.4, 0.5) is 13.2 Å². The molecule has 0 N–H and O–H groups in total. The molecular formula is C9H16F3NO2S. The number of alkyl halides is 3. The van der Waals surface area contributed by atoms with E-state index in [9.17, 15) is 18.0 Å². The predicted molar refractivity (Wildman–Crippen MR) is 57.3 cm³/mol. The maximum absolute atomic E-state index is 11.9. The minimum atomic E-state index is -4.21. The summed E-state index contributed by atoms with van der Waals surface area (Å²) in [6.07, 6.45) is 0.785. The van der Waals surface area contributed by atoms with Gasteiger partial charge >= 0.3 is 11.5 Å². The molecule has 0 radical (unpaired) electrons. The van der Waals surface area contributed by atoms with Crippen LogP contribution < -0.4 is 0 Å². The number of carbonyl (C=O) groups is 1. The lowest BCUT2D eigenvalue weighted by molar-refractivity contribution is -0.141. The van der Waals surface area contributed by atoms with E-state index in [0.717, 1.165) is 6.42 Å². The highest BCUT2D eigenvalue weighted by Gasteiger charge is 2.27. The maximum Gasteiger partial charge on any atom is 0.441 e. The van der Waals surface area contributed by atoms with Crippen LogP contribution in [-0.2, 0) is 9.53 Å². The number of esters is 1. The van der Waals surface area contributed by atoms with Crippen molar-refractivity contribution in [3.63, 3.8) is 0 Å². The Morgan fingerprint density at radius 1 is 1.38 bits per heavy atom. The highest BCUT2D eigenvalue weighted by atomic mass is 32.2. The van der Waals surface area contributed by atoms with Crippen molar-refractivity contribution in [3.8, 4) is 0 Å². The summed E-state index contributed by atoms with van der Waals surface area (Å²) in [5.41, 5.74) is -4.21. The number of thioether (sulfide) groups is 1. The second kappa shape index (κ2) is 7.78. The predicted octanol–water partition coefficient (Wildman–Crippen LogP) is 2.12. The molecule has 0 aliphatic carbocycles. The Balaban J connectivity index is 3.89. The second-order valence-corrected chi connectivity index (χ2v) is 4.31. The first-order valence-corrected chi connectivity index (χ1v) is 5.87. The molecule has 0 saturated heterocycles. The molecule has 0 atom stereocenters. The van der Waals surface area contributed by atoms with Crippen LogP contribution in [0.2, 0.25) is 0 Å². The van der Waals surface area contributed by atoms with Gasteiger partial charge in [0.05, 0.1) is 13.7 Å². The number of halogens is 3. The van der Waals surface area contributed by atoms with Gasteiger partial charge in [-0.2, -0.15) is 13.2 Å². The van der Waals surface area contributed by atoms with Gasteiger partial charge in [0.1, 0.15) is 0 Å². The normalized spacial score (nSPS) is 11.9. The summed E-state index contributed by atoms with van der Waals surface area (Å²) in [5.74, 6) is -0.494. The minimum Gasteiger partial charge on any atom is -0.468 e. The number of ether oxygens (including phenoxy) is 1. The molecule has 0 aromatic carbocycles. The fourth-order valence-corrected chi connectivity index (χ4v) is 1.70. The smallest absolute Gasteiger partial charge is 0.441 e. The Labute approximate surface area is 97.3 Å². The highest BCUT2D eigenvalue weighted by Crippen LogP contribution is 2.29.